The molecule has 1 rings (SSSR count). The lowest BCUT2D eigenvalue weighted by Gasteiger charge is -2.28. The number of phenolic OH excluding ortho intramolecular Hbond substituents is 1. The minimum Gasteiger partial charge on any atom is -0.506 e. The maximum Gasteiger partial charge on any atom is 0.179 e. The molecule has 0 aliphatic heterocycles. The Morgan fingerprint density at radius 3 is 2.16 bits per heavy atom. The zero-order chi connectivity index (χ0) is 14.8. The van der Waals surface area contributed by atoms with Crippen LogP contribution in [0.3, 0.4) is 0 Å². The number of hydrogen-bond acceptors (Lipinski definition) is 4. The van der Waals surface area contributed by atoms with Gasteiger partial charge in [0.05, 0.1) is 0 Å². The molecule has 5 heteroatoms. The summed E-state index contributed by atoms with van der Waals surface area (Å²) in [6, 6.07) is 3.40. The van der Waals surface area contributed by atoms with E-state index in [1.54, 1.807) is 6.07 Å². The Bertz CT molecular complexity index is 560. The summed E-state index contributed by atoms with van der Waals surface area (Å²) in [5, 5.41) is 10.0. The molecule has 0 unspecified atom stereocenters. The highest BCUT2D eigenvalue weighted by atomic mass is 32.2. The summed E-state index contributed by atoms with van der Waals surface area (Å²) >= 11 is 0. The first-order valence-electron chi connectivity index (χ1n) is 6.46. The van der Waals surface area contributed by atoms with E-state index >= 15 is 0 Å². The number of rotatable bonds is 5. The topological polar surface area (TPSA) is 80.4 Å². The molecule has 0 saturated carbocycles. The zero-order valence-corrected chi connectivity index (χ0v) is 12.8. The van der Waals surface area contributed by atoms with E-state index in [1.807, 2.05) is 6.07 Å². The van der Waals surface area contributed by atoms with Gasteiger partial charge in [0.15, 0.2) is 9.84 Å². The minimum atomic E-state index is -3.47. The van der Waals surface area contributed by atoms with Crippen molar-refractivity contribution in [1.29, 1.82) is 0 Å². The van der Waals surface area contributed by atoms with Gasteiger partial charge in [-0.1, -0.05) is 26.8 Å². The van der Waals surface area contributed by atoms with E-state index in [2.05, 4.69) is 20.8 Å². The standard InChI is InChI=1S/C14H23NO3S/c1-5-14(3,6-2)11-7-10(9-15)13(16)12(8-11)19(4,17)18/h7-8,16H,5-6,9,15H2,1-4H3. The molecule has 4 nitrogen and oxygen atoms in total. The second kappa shape index (κ2) is 5.51. The fourth-order valence-corrected chi connectivity index (χ4v) is 2.93. The Morgan fingerprint density at radius 1 is 1.26 bits per heavy atom. The van der Waals surface area contributed by atoms with E-state index in [0.29, 0.717) is 5.56 Å². The van der Waals surface area contributed by atoms with Crippen LogP contribution < -0.4 is 5.73 Å². The summed E-state index contributed by atoms with van der Waals surface area (Å²) < 4.78 is 23.6. The largest absolute Gasteiger partial charge is 0.506 e. The molecular weight excluding hydrogens is 262 g/mol. The number of sulfone groups is 1. The summed E-state index contributed by atoms with van der Waals surface area (Å²) in [5.41, 5.74) is 6.88. The molecule has 0 aliphatic carbocycles. The van der Waals surface area contributed by atoms with Gasteiger partial charge in [-0.2, -0.15) is 0 Å². The summed E-state index contributed by atoms with van der Waals surface area (Å²) in [6.07, 6.45) is 2.88. The molecule has 0 spiro atoms. The van der Waals surface area contributed by atoms with Crippen molar-refractivity contribution in [2.45, 2.75) is 50.5 Å². The van der Waals surface area contributed by atoms with Gasteiger partial charge in [-0.15, -0.1) is 0 Å². The van der Waals surface area contributed by atoms with Crippen LogP contribution in [0.15, 0.2) is 17.0 Å². The van der Waals surface area contributed by atoms with Gasteiger partial charge in [0, 0.05) is 18.4 Å². The van der Waals surface area contributed by atoms with E-state index in [-0.39, 0.29) is 22.6 Å². The van der Waals surface area contributed by atoms with Gasteiger partial charge in [0.25, 0.3) is 0 Å². The maximum absolute atomic E-state index is 11.8. The van der Waals surface area contributed by atoms with E-state index in [1.165, 1.54) is 0 Å². The van der Waals surface area contributed by atoms with Gasteiger partial charge < -0.3 is 10.8 Å². The number of hydrogen-bond donors (Lipinski definition) is 2. The van der Waals surface area contributed by atoms with Gasteiger partial charge in [-0.25, -0.2) is 8.42 Å². The van der Waals surface area contributed by atoms with Crippen molar-refractivity contribution in [2.75, 3.05) is 6.26 Å². The highest BCUT2D eigenvalue weighted by molar-refractivity contribution is 7.90. The zero-order valence-electron chi connectivity index (χ0n) is 12.0. The lowest BCUT2D eigenvalue weighted by atomic mass is 9.77. The van der Waals surface area contributed by atoms with Crippen LogP contribution in [-0.4, -0.2) is 19.8 Å². The molecule has 0 aromatic heterocycles. The first-order valence-corrected chi connectivity index (χ1v) is 8.35. The fraction of sp³-hybridized carbons (Fsp3) is 0.571. The number of aromatic hydroxyl groups is 1. The van der Waals surface area contributed by atoms with E-state index < -0.39 is 9.84 Å². The second-order valence-electron chi connectivity index (χ2n) is 5.23. The quantitative estimate of drug-likeness (QED) is 0.870. The average Bonchev–Trinajstić information content (AvgIpc) is 2.36. The minimum absolute atomic E-state index is 0.0291. The molecule has 0 fully saturated rings. The van der Waals surface area contributed by atoms with Crippen LogP contribution in [0.4, 0.5) is 0 Å². The predicted octanol–water partition coefficient (Wildman–Crippen LogP) is 2.33. The Hall–Kier alpha value is -1.07. The molecule has 0 aliphatic rings. The van der Waals surface area contributed by atoms with E-state index in [4.69, 9.17) is 5.73 Å². The van der Waals surface area contributed by atoms with Crippen molar-refractivity contribution in [2.24, 2.45) is 5.73 Å². The van der Waals surface area contributed by atoms with Crippen LogP contribution in [0.1, 0.15) is 44.7 Å². The first-order chi connectivity index (χ1) is 8.69. The van der Waals surface area contributed by atoms with Gasteiger partial charge in [-0.05, 0) is 29.9 Å². The molecule has 0 amide bonds. The van der Waals surface area contributed by atoms with Crippen LogP contribution in [0, 0.1) is 0 Å². The predicted molar refractivity (Wildman–Crippen MR) is 77.0 cm³/mol. The molecule has 0 atom stereocenters. The van der Waals surface area contributed by atoms with Crippen LogP contribution in [0.25, 0.3) is 0 Å². The van der Waals surface area contributed by atoms with E-state index in [9.17, 15) is 13.5 Å². The SMILES string of the molecule is CCC(C)(CC)c1cc(CN)c(O)c(S(C)(=O)=O)c1. The van der Waals surface area contributed by atoms with Crippen molar-refractivity contribution in [3.05, 3.63) is 23.3 Å². The summed E-state index contributed by atoms with van der Waals surface area (Å²) in [6.45, 7) is 6.34. The molecule has 0 radical (unpaired) electrons. The average molecular weight is 285 g/mol. The monoisotopic (exact) mass is 285 g/mol. The van der Waals surface area contributed by atoms with Gasteiger partial charge in [0.1, 0.15) is 10.6 Å². The van der Waals surface area contributed by atoms with Crippen molar-refractivity contribution >= 4 is 9.84 Å². The lowest BCUT2D eigenvalue weighted by Crippen LogP contribution is -2.21. The van der Waals surface area contributed by atoms with Crippen LogP contribution in [0.5, 0.6) is 5.75 Å². The third-order valence-electron chi connectivity index (χ3n) is 4.03. The Labute approximate surface area is 115 Å². The van der Waals surface area contributed by atoms with Gasteiger partial charge in [-0.3, -0.25) is 0 Å². The second-order valence-corrected chi connectivity index (χ2v) is 7.21. The lowest BCUT2D eigenvalue weighted by molar-refractivity contribution is 0.428. The number of benzene rings is 1. The molecule has 3 N–H and O–H groups in total. The molecule has 1 aromatic rings. The van der Waals surface area contributed by atoms with Gasteiger partial charge in [0.2, 0.25) is 0 Å². The molecule has 19 heavy (non-hydrogen) atoms. The van der Waals surface area contributed by atoms with Crippen LogP contribution >= 0.6 is 0 Å². The van der Waals surface area contributed by atoms with Crippen molar-refractivity contribution in [3.8, 4) is 5.75 Å². The Morgan fingerprint density at radius 2 is 1.79 bits per heavy atom. The number of nitrogens with two attached hydrogens (primary N) is 1. The summed E-state index contributed by atoms with van der Waals surface area (Å²) in [4.78, 5) is -0.0291. The normalized spacial score (nSPS) is 12.7. The number of phenols is 1. The van der Waals surface area contributed by atoms with Gasteiger partial charge >= 0.3 is 0 Å². The summed E-state index contributed by atoms with van der Waals surface area (Å²) in [5.74, 6) is -0.219. The molecule has 0 bridgehead atoms. The molecule has 0 saturated heterocycles. The molecule has 1 aromatic carbocycles. The Balaban J connectivity index is 3.62. The Kier molecular flexibility index (Phi) is 4.63. The third kappa shape index (κ3) is 3.09. The molecule has 108 valence electrons. The highest BCUT2D eigenvalue weighted by Crippen LogP contribution is 2.37. The molecular formula is C14H23NO3S. The summed E-state index contributed by atoms with van der Waals surface area (Å²) in [7, 11) is -3.47. The highest BCUT2D eigenvalue weighted by Gasteiger charge is 2.26. The van der Waals surface area contributed by atoms with E-state index in [0.717, 1.165) is 24.7 Å². The van der Waals surface area contributed by atoms with Crippen molar-refractivity contribution < 1.29 is 13.5 Å². The smallest absolute Gasteiger partial charge is 0.179 e. The fourth-order valence-electron chi connectivity index (χ4n) is 2.11. The molecule has 0 heterocycles. The first kappa shape index (κ1) is 16.0. The maximum atomic E-state index is 11.8. The van der Waals surface area contributed by atoms with Crippen LogP contribution in [0.2, 0.25) is 0 Å². The van der Waals surface area contributed by atoms with Crippen LogP contribution in [-0.2, 0) is 21.8 Å². The third-order valence-corrected chi connectivity index (χ3v) is 5.14. The van der Waals surface area contributed by atoms with Crippen molar-refractivity contribution in [3.63, 3.8) is 0 Å². The van der Waals surface area contributed by atoms with Crippen molar-refractivity contribution in [1.82, 2.24) is 0 Å².